The number of carbonyl (C=O) groups excluding carboxylic acids is 1. The summed E-state index contributed by atoms with van der Waals surface area (Å²) in [6.07, 6.45) is 1.29. The molecule has 0 saturated heterocycles. The van der Waals surface area contributed by atoms with E-state index >= 15 is 0 Å². The minimum atomic E-state index is -0.655. The van der Waals surface area contributed by atoms with Gasteiger partial charge in [-0.05, 0) is 28.1 Å². The molecule has 0 unspecified atom stereocenters. The number of nitro groups is 1. The van der Waals surface area contributed by atoms with Crippen molar-refractivity contribution in [2.45, 2.75) is 0 Å². The number of carbonyl (C=O) groups is 1. The van der Waals surface area contributed by atoms with Crippen molar-refractivity contribution in [3.05, 3.63) is 62.7 Å². The lowest BCUT2D eigenvalue weighted by Gasteiger charge is -2.06. The maximum Gasteiger partial charge on any atom is 0.406 e. The summed E-state index contributed by atoms with van der Waals surface area (Å²) in [4.78, 5) is 25.7. The van der Waals surface area contributed by atoms with Crippen LogP contribution < -0.4 is 4.74 Å². The van der Waals surface area contributed by atoms with E-state index in [4.69, 9.17) is 4.74 Å². The van der Waals surface area contributed by atoms with Crippen LogP contribution in [0.2, 0.25) is 0 Å². The summed E-state index contributed by atoms with van der Waals surface area (Å²) in [5.74, 6) is -0.721. The molecule has 7 heteroatoms. The Morgan fingerprint density at radius 2 is 2.05 bits per heavy atom. The summed E-state index contributed by atoms with van der Waals surface area (Å²) in [5, 5.41) is 10.8. The smallest absolute Gasteiger partial charge is 0.406 e. The highest BCUT2D eigenvalue weighted by Crippen LogP contribution is 2.23. The van der Waals surface area contributed by atoms with Crippen LogP contribution in [-0.4, -0.2) is 22.3 Å². The number of hydrogen-bond donors (Lipinski definition) is 0. The van der Waals surface area contributed by atoms with E-state index in [1.165, 1.54) is 18.3 Å². The molecule has 0 radical (unpaired) electrons. The summed E-state index contributed by atoms with van der Waals surface area (Å²) < 4.78 is 5.84. The molecule has 0 fully saturated rings. The highest BCUT2D eigenvalue weighted by atomic mass is 79.9. The number of halogens is 1. The van der Waals surface area contributed by atoms with Gasteiger partial charge in [-0.25, -0.2) is 0 Å². The Labute approximate surface area is 122 Å². The molecule has 0 atom stereocenters. The molecule has 1 aromatic heterocycles. The van der Waals surface area contributed by atoms with Gasteiger partial charge in [-0.15, -0.1) is 0 Å². The molecule has 0 bridgehead atoms. The van der Waals surface area contributed by atoms with Crippen LogP contribution >= 0.6 is 15.9 Å². The number of ether oxygens (including phenoxy) is 1. The highest BCUT2D eigenvalue weighted by molar-refractivity contribution is 9.10. The number of pyridine rings is 1. The second kappa shape index (κ2) is 6.25. The van der Waals surface area contributed by atoms with Crippen molar-refractivity contribution >= 4 is 27.5 Å². The van der Waals surface area contributed by atoms with Crippen LogP contribution in [0.15, 0.2) is 47.1 Å². The Hall–Kier alpha value is -2.28. The third-order valence-electron chi connectivity index (χ3n) is 2.46. The van der Waals surface area contributed by atoms with Crippen LogP contribution in [0.25, 0.3) is 0 Å². The van der Waals surface area contributed by atoms with Gasteiger partial charge >= 0.3 is 5.82 Å². The lowest BCUT2D eigenvalue weighted by atomic mass is 10.1. The van der Waals surface area contributed by atoms with E-state index in [0.29, 0.717) is 10.0 Å². The van der Waals surface area contributed by atoms with Gasteiger partial charge in [0.15, 0.2) is 6.61 Å². The summed E-state index contributed by atoms with van der Waals surface area (Å²) in [6, 6.07) is 9.80. The fraction of sp³-hybridized carbons (Fsp3) is 0.0769. The molecule has 0 aliphatic heterocycles. The molecular formula is C13H9BrN2O4. The largest absolute Gasteiger partial charge is 0.477 e. The van der Waals surface area contributed by atoms with Gasteiger partial charge in [0, 0.05) is 10.0 Å². The minimum absolute atomic E-state index is 0.0297. The molecule has 0 aliphatic rings. The van der Waals surface area contributed by atoms with Crippen LogP contribution in [0.1, 0.15) is 10.4 Å². The maximum atomic E-state index is 12.0. The van der Waals surface area contributed by atoms with E-state index in [-0.39, 0.29) is 18.1 Å². The number of nitrogens with zero attached hydrogens (tertiary/aromatic N) is 2. The summed E-state index contributed by atoms with van der Waals surface area (Å²) >= 11 is 3.26. The number of Topliss-reactive ketones (excluding diaryl/α,β-unsaturated/α-hetero) is 1. The summed E-state index contributed by atoms with van der Waals surface area (Å²) in [7, 11) is 0. The second-order valence-corrected chi connectivity index (χ2v) is 4.63. The Kier molecular flexibility index (Phi) is 4.41. The van der Waals surface area contributed by atoms with E-state index in [9.17, 15) is 14.9 Å². The first-order valence-corrected chi connectivity index (χ1v) is 6.39. The molecule has 0 N–H and O–H groups in total. The summed E-state index contributed by atoms with van der Waals surface area (Å²) in [6.45, 7) is -0.296. The van der Waals surface area contributed by atoms with Gasteiger partial charge in [0.05, 0.1) is 0 Å². The van der Waals surface area contributed by atoms with E-state index in [2.05, 4.69) is 20.9 Å². The molecule has 0 amide bonds. The molecule has 2 aromatic rings. The third-order valence-corrected chi connectivity index (χ3v) is 3.15. The average Bonchev–Trinajstić information content (AvgIpc) is 2.45. The van der Waals surface area contributed by atoms with Crippen molar-refractivity contribution < 1.29 is 14.5 Å². The van der Waals surface area contributed by atoms with Crippen LogP contribution in [-0.2, 0) is 0 Å². The molecule has 1 heterocycles. The predicted molar refractivity (Wildman–Crippen MR) is 74.9 cm³/mol. The van der Waals surface area contributed by atoms with Gasteiger partial charge in [0.1, 0.15) is 6.20 Å². The van der Waals surface area contributed by atoms with Crippen molar-refractivity contribution in [1.29, 1.82) is 0 Å². The van der Waals surface area contributed by atoms with Gasteiger partial charge < -0.3 is 14.9 Å². The van der Waals surface area contributed by atoms with Crippen LogP contribution in [0.5, 0.6) is 5.75 Å². The first-order chi connectivity index (χ1) is 9.59. The molecule has 20 heavy (non-hydrogen) atoms. The normalized spacial score (nSPS) is 10.1. The third kappa shape index (κ3) is 3.18. The molecular weight excluding hydrogens is 328 g/mol. The van der Waals surface area contributed by atoms with Gasteiger partial charge in [-0.3, -0.25) is 4.79 Å². The van der Waals surface area contributed by atoms with Gasteiger partial charge in [0.2, 0.25) is 11.5 Å². The minimum Gasteiger partial charge on any atom is -0.477 e. The van der Waals surface area contributed by atoms with Crippen molar-refractivity contribution in [1.82, 2.24) is 4.98 Å². The molecule has 0 aliphatic carbocycles. The highest BCUT2D eigenvalue weighted by Gasteiger charge is 2.17. The van der Waals surface area contributed by atoms with Crippen molar-refractivity contribution in [2.75, 3.05) is 6.61 Å². The zero-order valence-corrected chi connectivity index (χ0v) is 11.7. The van der Waals surface area contributed by atoms with Gasteiger partial charge in [0.25, 0.3) is 0 Å². The van der Waals surface area contributed by atoms with Gasteiger partial charge in [-0.1, -0.05) is 34.1 Å². The Morgan fingerprint density at radius 3 is 2.75 bits per heavy atom. The van der Waals surface area contributed by atoms with E-state index < -0.39 is 10.7 Å². The monoisotopic (exact) mass is 336 g/mol. The average molecular weight is 337 g/mol. The van der Waals surface area contributed by atoms with Crippen molar-refractivity contribution in [3.63, 3.8) is 0 Å². The Bertz CT molecular complexity index is 660. The van der Waals surface area contributed by atoms with Crippen LogP contribution in [0, 0.1) is 10.1 Å². The molecule has 0 saturated carbocycles. The number of ketones is 1. The zero-order chi connectivity index (χ0) is 14.5. The number of rotatable bonds is 5. The molecule has 1 aromatic carbocycles. The lowest BCUT2D eigenvalue weighted by Crippen LogP contribution is -2.13. The van der Waals surface area contributed by atoms with Crippen molar-refractivity contribution in [3.8, 4) is 5.75 Å². The summed E-state index contributed by atoms with van der Waals surface area (Å²) in [5.41, 5.74) is 0.457. The number of hydrogen-bond acceptors (Lipinski definition) is 5. The zero-order valence-electron chi connectivity index (χ0n) is 10.2. The topological polar surface area (TPSA) is 82.3 Å². The molecule has 2 rings (SSSR count). The second-order valence-electron chi connectivity index (χ2n) is 3.77. The maximum absolute atomic E-state index is 12.0. The Morgan fingerprint density at radius 1 is 1.30 bits per heavy atom. The standard InChI is InChI=1S/C13H9BrN2O4/c14-10-5-2-1-4-9(10)11(17)8-20-12-6-3-7-15-13(12)16(18)19/h1-7H,8H2. The van der Waals surface area contributed by atoms with E-state index in [1.807, 2.05) is 0 Å². The van der Waals surface area contributed by atoms with Crippen LogP contribution in [0.3, 0.4) is 0 Å². The first kappa shape index (κ1) is 14.1. The van der Waals surface area contributed by atoms with Crippen LogP contribution in [0.4, 0.5) is 5.82 Å². The lowest BCUT2D eigenvalue weighted by molar-refractivity contribution is -0.390. The predicted octanol–water partition coefficient (Wildman–Crippen LogP) is 3.01. The van der Waals surface area contributed by atoms with Gasteiger partial charge in [-0.2, -0.15) is 0 Å². The fourth-order valence-corrected chi connectivity index (χ4v) is 2.05. The SMILES string of the molecule is O=C(COc1cccnc1[N+](=O)[O-])c1ccccc1Br. The van der Waals surface area contributed by atoms with Crippen molar-refractivity contribution in [2.24, 2.45) is 0 Å². The van der Waals surface area contributed by atoms with E-state index in [0.717, 1.165) is 0 Å². The fourth-order valence-electron chi connectivity index (χ4n) is 1.54. The number of benzene rings is 1. The molecule has 102 valence electrons. The number of aromatic nitrogens is 1. The quantitative estimate of drug-likeness (QED) is 0.476. The first-order valence-electron chi connectivity index (χ1n) is 5.59. The Balaban J connectivity index is 2.12. The van der Waals surface area contributed by atoms with E-state index in [1.54, 1.807) is 24.3 Å². The molecule has 0 spiro atoms. The molecule has 6 nitrogen and oxygen atoms in total.